The van der Waals surface area contributed by atoms with Crippen LogP contribution in [-0.2, 0) is 4.79 Å². The molecule has 1 amide bonds. The van der Waals surface area contributed by atoms with Crippen molar-refractivity contribution in [1.29, 1.82) is 0 Å². The number of amides is 1. The molecule has 0 bridgehead atoms. The number of nitrogens with one attached hydrogen (secondary N) is 2. The van der Waals surface area contributed by atoms with Crippen LogP contribution in [0.2, 0.25) is 0 Å². The Kier molecular flexibility index (Phi) is 5.79. The smallest absolute Gasteiger partial charge is 0.225 e. The molecule has 1 unspecified atom stereocenters. The number of likely N-dealkylation sites (tertiary alicyclic amines) is 1. The number of aliphatic imine (C=N–C) groups is 1. The highest BCUT2D eigenvalue weighted by molar-refractivity contribution is 5.81. The number of carbonyl (C=O) groups is 1. The molecular formula is C18H32N4O. The first-order valence-corrected chi connectivity index (χ1v) is 9.52. The van der Waals surface area contributed by atoms with E-state index in [4.69, 9.17) is 0 Å². The summed E-state index contributed by atoms with van der Waals surface area (Å²) in [6.07, 6.45) is 11.0. The van der Waals surface area contributed by atoms with Gasteiger partial charge in [-0.3, -0.25) is 9.79 Å². The number of hydrogen-bond donors (Lipinski definition) is 2. The highest BCUT2D eigenvalue weighted by Crippen LogP contribution is 2.31. The number of carbonyl (C=O) groups excluding carboxylic acids is 1. The SMILES string of the molecule is CN=C(NCCC1CC1)NC1CCN(C(=O)C2CCCCC2)C1. The van der Waals surface area contributed by atoms with Gasteiger partial charge in [0.05, 0.1) is 0 Å². The molecule has 1 aliphatic heterocycles. The van der Waals surface area contributed by atoms with Crippen molar-refractivity contribution in [1.82, 2.24) is 15.5 Å². The molecule has 3 aliphatic rings. The molecule has 0 aromatic heterocycles. The second-order valence-electron chi connectivity index (χ2n) is 7.48. The second kappa shape index (κ2) is 8.02. The molecule has 130 valence electrons. The molecule has 1 saturated heterocycles. The van der Waals surface area contributed by atoms with Gasteiger partial charge in [-0.1, -0.05) is 32.1 Å². The predicted octanol–water partition coefficient (Wildman–Crippen LogP) is 2.13. The Morgan fingerprint density at radius 1 is 1.13 bits per heavy atom. The van der Waals surface area contributed by atoms with Crippen LogP contribution in [0.3, 0.4) is 0 Å². The van der Waals surface area contributed by atoms with E-state index in [-0.39, 0.29) is 0 Å². The number of hydrogen-bond acceptors (Lipinski definition) is 2. The minimum Gasteiger partial charge on any atom is -0.356 e. The summed E-state index contributed by atoms with van der Waals surface area (Å²) in [5, 5.41) is 6.90. The van der Waals surface area contributed by atoms with Crippen LogP contribution in [0.1, 0.15) is 57.8 Å². The normalized spacial score (nSPS) is 26.4. The van der Waals surface area contributed by atoms with Gasteiger partial charge in [-0.25, -0.2) is 0 Å². The van der Waals surface area contributed by atoms with E-state index in [1.807, 2.05) is 7.05 Å². The van der Waals surface area contributed by atoms with Crippen molar-refractivity contribution in [2.45, 2.75) is 63.8 Å². The first kappa shape index (κ1) is 16.6. The summed E-state index contributed by atoms with van der Waals surface area (Å²) in [7, 11) is 1.83. The van der Waals surface area contributed by atoms with Crippen molar-refractivity contribution < 1.29 is 4.79 Å². The Bertz CT molecular complexity index is 427. The lowest BCUT2D eigenvalue weighted by molar-refractivity contribution is -0.135. The zero-order chi connectivity index (χ0) is 16.1. The van der Waals surface area contributed by atoms with Crippen LogP contribution in [-0.4, -0.2) is 49.5 Å². The van der Waals surface area contributed by atoms with Gasteiger partial charge in [0.15, 0.2) is 5.96 Å². The standard InChI is InChI=1S/C18H32N4O/c1-19-18(20-11-9-14-7-8-14)21-16-10-12-22(13-16)17(23)15-5-3-2-4-6-15/h14-16H,2-13H2,1H3,(H2,19,20,21). The second-order valence-corrected chi connectivity index (χ2v) is 7.48. The van der Waals surface area contributed by atoms with E-state index in [0.717, 1.165) is 50.8 Å². The van der Waals surface area contributed by atoms with Gasteiger partial charge in [-0.05, 0) is 31.6 Å². The maximum absolute atomic E-state index is 12.6. The average Bonchev–Trinajstić information content (AvgIpc) is 3.30. The van der Waals surface area contributed by atoms with Crippen molar-refractivity contribution in [3.8, 4) is 0 Å². The molecule has 5 nitrogen and oxygen atoms in total. The third-order valence-electron chi connectivity index (χ3n) is 5.56. The molecular weight excluding hydrogens is 288 g/mol. The monoisotopic (exact) mass is 320 g/mol. The zero-order valence-corrected chi connectivity index (χ0v) is 14.5. The van der Waals surface area contributed by atoms with Crippen LogP contribution >= 0.6 is 0 Å². The van der Waals surface area contributed by atoms with E-state index in [0.29, 0.717) is 17.9 Å². The Morgan fingerprint density at radius 2 is 1.91 bits per heavy atom. The molecule has 0 aromatic rings. The summed E-state index contributed by atoms with van der Waals surface area (Å²) in [4.78, 5) is 19.0. The molecule has 1 atom stereocenters. The molecule has 5 heteroatoms. The zero-order valence-electron chi connectivity index (χ0n) is 14.5. The van der Waals surface area contributed by atoms with E-state index in [2.05, 4.69) is 20.5 Å². The van der Waals surface area contributed by atoms with Gasteiger partial charge in [-0.15, -0.1) is 0 Å². The van der Waals surface area contributed by atoms with Gasteiger partial charge in [0.25, 0.3) is 0 Å². The summed E-state index contributed by atoms with van der Waals surface area (Å²) in [6.45, 7) is 2.73. The minimum absolute atomic E-state index is 0.290. The number of rotatable bonds is 5. The van der Waals surface area contributed by atoms with E-state index in [1.54, 1.807) is 0 Å². The Labute approximate surface area is 140 Å². The lowest BCUT2D eigenvalue weighted by Gasteiger charge is -2.26. The Hall–Kier alpha value is -1.26. The summed E-state index contributed by atoms with van der Waals surface area (Å²) < 4.78 is 0. The van der Waals surface area contributed by atoms with Crippen molar-refractivity contribution in [3.63, 3.8) is 0 Å². The van der Waals surface area contributed by atoms with Crippen LogP contribution in [0.4, 0.5) is 0 Å². The summed E-state index contributed by atoms with van der Waals surface area (Å²) in [5.41, 5.74) is 0. The predicted molar refractivity (Wildman–Crippen MR) is 93.4 cm³/mol. The van der Waals surface area contributed by atoms with Crippen molar-refractivity contribution in [3.05, 3.63) is 0 Å². The fourth-order valence-electron chi connectivity index (χ4n) is 3.88. The average molecular weight is 320 g/mol. The quantitative estimate of drug-likeness (QED) is 0.603. The van der Waals surface area contributed by atoms with Crippen molar-refractivity contribution in [2.24, 2.45) is 16.8 Å². The van der Waals surface area contributed by atoms with Gasteiger partial charge in [0.2, 0.25) is 5.91 Å². The molecule has 3 rings (SSSR count). The van der Waals surface area contributed by atoms with Crippen LogP contribution in [0.15, 0.2) is 4.99 Å². The third-order valence-corrected chi connectivity index (χ3v) is 5.56. The van der Waals surface area contributed by atoms with E-state index < -0.39 is 0 Å². The third kappa shape index (κ3) is 4.85. The molecule has 0 spiro atoms. The first-order chi connectivity index (χ1) is 11.3. The summed E-state index contributed by atoms with van der Waals surface area (Å²) >= 11 is 0. The van der Waals surface area contributed by atoms with Crippen molar-refractivity contribution in [2.75, 3.05) is 26.7 Å². The van der Waals surface area contributed by atoms with Gasteiger partial charge >= 0.3 is 0 Å². The lowest BCUT2D eigenvalue weighted by atomic mass is 9.88. The van der Waals surface area contributed by atoms with Crippen LogP contribution in [0.5, 0.6) is 0 Å². The fraction of sp³-hybridized carbons (Fsp3) is 0.889. The van der Waals surface area contributed by atoms with Gasteiger partial charge < -0.3 is 15.5 Å². The van der Waals surface area contributed by atoms with Crippen LogP contribution in [0, 0.1) is 11.8 Å². The van der Waals surface area contributed by atoms with Gasteiger partial charge in [0.1, 0.15) is 0 Å². The molecule has 0 radical (unpaired) electrons. The highest BCUT2D eigenvalue weighted by atomic mass is 16.2. The largest absolute Gasteiger partial charge is 0.356 e. The molecule has 0 aromatic carbocycles. The minimum atomic E-state index is 0.290. The van der Waals surface area contributed by atoms with Crippen LogP contribution < -0.4 is 10.6 Å². The maximum Gasteiger partial charge on any atom is 0.225 e. The van der Waals surface area contributed by atoms with E-state index in [9.17, 15) is 4.79 Å². The Morgan fingerprint density at radius 3 is 2.61 bits per heavy atom. The molecule has 23 heavy (non-hydrogen) atoms. The summed E-state index contributed by atoms with van der Waals surface area (Å²) in [5.74, 6) is 2.52. The van der Waals surface area contributed by atoms with E-state index in [1.165, 1.54) is 38.5 Å². The number of nitrogens with zero attached hydrogens (tertiary/aromatic N) is 2. The molecule has 3 fully saturated rings. The molecule has 2 N–H and O–H groups in total. The van der Waals surface area contributed by atoms with Gasteiger partial charge in [-0.2, -0.15) is 0 Å². The topological polar surface area (TPSA) is 56.7 Å². The van der Waals surface area contributed by atoms with Gasteiger partial charge in [0, 0.05) is 38.6 Å². The molecule has 1 heterocycles. The van der Waals surface area contributed by atoms with Crippen LogP contribution in [0.25, 0.3) is 0 Å². The molecule has 2 saturated carbocycles. The molecule has 2 aliphatic carbocycles. The number of guanidine groups is 1. The highest BCUT2D eigenvalue weighted by Gasteiger charge is 2.31. The van der Waals surface area contributed by atoms with Crippen molar-refractivity contribution >= 4 is 11.9 Å². The summed E-state index contributed by atoms with van der Waals surface area (Å²) in [6, 6.07) is 0.342. The Balaban J connectivity index is 1.40. The van der Waals surface area contributed by atoms with E-state index >= 15 is 0 Å². The fourth-order valence-corrected chi connectivity index (χ4v) is 3.88. The lowest BCUT2D eigenvalue weighted by Crippen LogP contribution is -2.45. The first-order valence-electron chi connectivity index (χ1n) is 9.52. The maximum atomic E-state index is 12.6.